The van der Waals surface area contributed by atoms with Crippen molar-refractivity contribution in [1.29, 1.82) is 0 Å². The smallest absolute Gasteiger partial charge is 0.390 e. The number of phosphoric ester groups is 1. The van der Waals surface area contributed by atoms with E-state index in [4.69, 9.17) is 25.2 Å². The Labute approximate surface area is 179 Å². The molecule has 0 radical (unpaired) electrons. The number of aliphatic hydroxyl groups is 1. The van der Waals surface area contributed by atoms with E-state index in [2.05, 4.69) is 23.9 Å². The van der Waals surface area contributed by atoms with Gasteiger partial charge in [-0.2, -0.15) is 13.6 Å². The molecule has 5 atom stereocenters. The largest absolute Gasteiger partial charge is 0.490 e. The van der Waals surface area contributed by atoms with Crippen molar-refractivity contribution in [2.45, 2.75) is 24.9 Å². The molecule has 0 saturated carbocycles. The van der Waals surface area contributed by atoms with Gasteiger partial charge >= 0.3 is 29.2 Å². The van der Waals surface area contributed by atoms with Crippen LogP contribution in [0.2, 0.25) is 0 Å². The fourth-order valence-electron chi connectivity index (χ4n) is 2.55. The summed E-state index contributed by atoms with van der Waals surface area (Å²) < 4.78 is 51.8. The molecule has 1 aromatic rings. The molecule has 182 valence electrons. The van der Waals surface area contributed by atoms with E-state index in [1.165, 1.54) is 6.20 Å². The maximum absolute atomic E-state index is 12.2. The molecular weight excluding hydrogens is 501 g/mol. The number of hydrogen-bond acceptors (Lipinski definition) is 11. The van der Waals surface area contributed by atoms with Gasteiger partial charge in [-0.25, -0.2) is 18.5 Å². The predicted molar refractivity (Wildman–Crippen MR) is 104 cm³/mol. The molecule has 1 fully saturated rings. The fraction of sp³-hybridized carbons (Fsp3) is 0.500. The highest BCUT2D eigenvalue weighted by molar-refractivity contribution is 7.66. The normalized spacial score (nSPS) is 25.6. The first-order valence-electron chi connectivity index (χ1n) is 8.59. The van der Waals surface area contributed by atoms with Crippen LogP contribution < -0.4 is 17.2 Å². The average molecular weight is 523 g/mol. The van der Waals surface area contributed by atoms with Crippen molar-refractivity contribution >= 4 is 35.4 Å². The molecule has 2 heterocycles. The summed E-state index contributed by atoms with van der Waals surface area (Å²) in [5.74, 6) is -0.0429. The lowest BCUT2D eigenvalue weighted by Crippen LogP contribution is -2.49. The Morgan fingerprint density at radius 2 is 1.91 bits per heavy atom. The number of nitrogens with two attached hydrogens (primary N) is 1. The molecule has 32 heavy (non-hydrogen) atoms. The molecule has 17 nitrogen and oxygen atoms in total. The van der Waals surface area contributed by atoms with Crippen molar-refractivity contribution in [1.82, 2.24) is 9.55 Å². The second kappa shape index (κ2) is 10.3. The molecule has 10 N–H and O–H groups in total. The fourth-order valence-corrected chi connectivity index (χ4v) is 5.58. The van der Waals surface area contributed by atoms with Crippen LogP contribution in [0.15, 0.2) is 17.1 Å². The van der Waals surface area contributed by atoms with Crippen LogP contribution in [0.5, 0.6) is 0 Å². The maximum Gasteiger partial charge on any atom is 0.490 e. The number of anilines is 1. The Hall–Kier alpha value is -1.29. The van der Waals surface area contributed by atoms with Crippen LogP contribution in [0.4, 0.5) is 5.82 Å². The number of nitrogens with zero attached hydrogens (tertiary/aromatic N) is 2. The zero-order valence-electron chi connectivity index (χ0n) is 16.1. The van der Waals surface area contributed by atoms with Crippen molar-refractivity contribution < 1.29 is 62.0 Å². The van der Waals surface area contributed by atoms with Crippen LogP contribution in [0.25, 0.3) is 6.08 Å². The lowest BCUT2D eigenvalue weighted by molar-refractivity contribution is -0.352. The maximum atomic E-state index is 12.2. The van der Waals surface area contributed by atoms with Gasteiger partial charge in [-0.05, 0) is 12.2 Å². The van der Waals surface area contributed by atoms with Gasteiger partial charge < -0.3 is 40.9 Å². The Kier molecular flexibility index (Phi) is 8.70. The van der Waals surface area contributed by atoms with Gasteiger partial charge in [-0.15, -0.1) is 0 Å². The van der Waals surface area contributed by atoms with Crippen molar-refractivity contribution in [3.8, 4) is 0 Å². The Balaban J connectivity index is 2.07. The first-order valence-corrected chi connectivity index (χ1v) is 13.1. The minimum Gasteiger partial charge on any atom is -0.390 e. The van der Waals surface area contributed by atoms with Crippen molar-refractivity contribution in [2.75, 3.05) is 18.9 Å². The summed E-state index contributed by atoms with van der Waals surface area (Å²) in [5, 5.41) is 10.1. The molecule has 0 aromatic carbocycles. The minimum absolute atomic E-state index is 0.0429. The monoisotopic (exact) mass is 523 g/mol. The molecule has 0 spiro atoms. The number of nitrogen functional groups attached to an aromatic ring is 1. The molecule has 1 aliphatic heterocycles. The van der Waals surface area contributed by atoms with Crippen LogP contribution in [0, 0.1) is 0 Å². The zero-order valence-corrected chi connectivity index (χ0v) is 18.8. The Bertz CT molecular complexity index is 1060. The van der Waals surface area contributed by atoms with Crippen LogP contribution >= 0.6 is 23.5 Å². The molecule has 1 saturated heterocycles. The zero-order chi connectivity index (χ0) is 24.3. The van der Waals surface area contributed by atoms with E-state index in [0.717, 1.165) is 4.57 Å². The van der Waals surface area contributed by atoms with E-state index >= 15 is 0 Å². The van der Waals surface area contributed by atoms with Gasteiger partial charge in [0.15, 0.2) is 0 Å². The third kappa shape index (κ3) is 7.93. The molecular formula is C12H22N4O13P3+. The van der Waals surface area contributed by atoms with Gasteiger partial charge in [0.25, 0.3) is 0 Å². The van der Waals surface area contributed by atoms with E-state index in [9.17, 15) is 28.5 Å². The van der Waals surface area contributed by atoms with E-state index in [1.807, 2.05) is 0 Å². The lowest BCUT2D eigenvalue weighted by atomic mass is 10.2. The summed E-state index contributed by atoms with van der Waals surface area (Å²) in [7, 11) is -16.6. The highest BCUT2D eigenvalue weighted by Gasteiger charge is 2.43. The van der Waals surface area contributed by atoms with E-state index < -0.39 is 54.2 Å². The summed E-state index contributed by atoms with van der Waals surface area (Å²) in [5.41, 5.74) is 8.90. The van der Waals surface area contributed by atoms with Gasteiger partial charge in [0.05, 0.1) is 19.3 Å². The van der Waals surface area contributed by atoms with Gasteiger partial charge in [0, 0.05) is 18.2 Å². The molecule has 0 bridgehead atoms. The summed E-state index contributed by atoms with van der Waals surface area (Å²) in [6, 6.07) is 0. The average Bonchev–Trinajstić information content (AvgIpc) is 2.97. The standard InChI is InChI=1S/C12H21N4O13P3/c13-3-1-2-7-5-16(12(18)15-11(7)14)10-4-8(17)9(27-10)6-26-31(22,23)29-32(24,25)28-30(19,20)21/h1-2,5,8-10,17H,3-4,6,13H2,(H,22,23)(H,24,25)(H2,14,15,18)(H2,19,20,21)/p+1/b2-1+/t8-,9+,10+/m0/s1. The number of hydrogen-bond donors (Lipinski definition) is 7. The van der Waals surface area contributed by atoms with Crippen LogP contribution in [0.1, 0.15) is 18.2 Å². The topological polar surface area (TPSA) is 278 Å². The first-order chi connectivity index (χ1) is 14.6. The highest BCUT2D eigenvalue weighted by Crippen LogP contribution is 2.66. The number of rotatable bonds is 10. The van der Waals surface area contributed by atoms with E-state index in [1.54, 1.807) is 12.2 Å². The highest BCUT2D eigenvalue weighted by atomic mass is 31.3. The molecule has 2 unspecified atom stereocenters. The molecule has 2 rings (SSSR count). The third-order valence-corrected chi connectivity index (χ3v) is 7.61. The molecule has 1 aromatic heterocycles. The molecule has 1 aliphatic rings. The van der Waals surface area contributed by atoms with Gasteiger partial charge in [-0.1, -0.05) is 0 Å². The molecule has 20 heteroatoms. The van der Waals surface area contributed by atoms with Gasteiger partial charge in [0.1, 0.15) is 18.1 Å². The number of phosphoric acid groups is 3. The van der Waals surface area contributed by atoms with E-state index in [-0.39, 0.29) is 12.2 Å². The minimum atomic E-state index is -5.68. The quantitative estimate of drug-likeness (QED) is 0.164. The summed E-state index contributed by atoms with van der Waals surface area (Å²) in [6.45, 7) is -0.424. The third-order valence-electron chi connectivity index (χ3n) is 3.81. The first kappa shape index (κ1) is 27.0. The van der Waals surface area contributed by atoms with Crippen molar-refractivity contribution in [3.05, 3.63) is 28.3 Å². The summed E-state index contributed by atoms with van der Waals surface area (Å²) in [6.07, 6.45) is 0.741. The molecule has 0 amide bonds. The molecule has 0 aliphatic carbocycles. The van der Waals surface area contributed by atoms with Gasteiger partial charge in [-0.3, -0.25) is 9.09 Å². The number of aliphatic hydroxyl groups excluding tert-OH is 1. The summed E-state index contributed by atoms with van der Waals surface area (Å²) in [4.78, 5) is 51.4. The second-order valence-electron chi connectivity index (χ2n) is 6.28. The van der Waals surface area contributed by atoms with Crippen LogP contribution in [-0.4, -0.2) is 59.6 Å². The van der Waals surface area contributed by atoms with Crippen molar-refractivity contribution in [3.63, 3.8) is 0 Å². The summed E-state index contributed by atoms with van der Waals surface area (Å²) >= 11 is 0. The predicted octanol–water partition coefficient (Wildman–Crippen LogP) is -1.93. The van der Waals surface area contributed by atoms with E-state index in [0.29, 0.717) is 12.1 Å². The lowest BCUT2D eigenvalue weighted by Gasteiger charge is -2.19. The second-order valence-corrected chi connectivity index (χ2v) is 10.7. The van der Waals surface area contributed by atoms with Crippen LogP contribution in [0.3, 0.4) is 0 Å². The van der Waals surface area contributed by atoms with Crippen LogP contribution in [-0.2, 0) is 31.6 Å². The number of aromatic nitrogens is 2. The van der Waals surface area contributed by atoms with Gasteiger partial charge in [0.2, 0.25) is 0 Å². The number of quaternary nitrogens is 1. The number of ether oxygens (including phenoxy) is 1. The Morgan fingerprint density at radius 1 is 1.25 bits per heavy atom. The SMILES string of the molecule is Nc1nc(=O)n([C@H]2C[C@H](O)[C@@H](COP(=O)(O)OP(=O)(O)OP(=O)(O)O)O2)cc1/C=C/C[NH3+]. The Morgan fingerprint density at radius 3 is 2.50 bits per heavy atom. The van der Waals surface area contributed by atoms with Crippen molar-refractivity contribution in [2.24, 2.45) is 0 Å².